The molecule has 1 saturated heterocycles. The van der Waals surface area contributed by atoms with Crippen molar-refractivity contribution >= 4 is 29.2 Å². The van der Waals surface area contributed by atoms with Crippen molar-refractivity contribution in [3.63, 3.8) is 0 Å². The van der Waals surface area contributed by atoms with Crippen LogP contribution < -0.4 is 15.5 Å². The summed E-state index contributed by atoms with van der Waals surface area (Å²) in [5.74, 6) is 0.766. The molecule has 154 valence electrons. The smallest absolute Gasteiger partial charge is 0.251 e. The van der Waals surface area contributed by atoms with Crippen LogP contribution in [0.2, 0.25) is 5.02 Å². The molecule has 3 N–H and O–H groups in total. The molecule has 0 radical (unpaired) electrons. The monoisotopic (exact) mass is 416 g/mol. The zero-order valence-corrected chi connectivity index (χ0v) is 16.9. The van der Waals surface area contributed by atoms with Gasteiger partial charge in [-0.3, -0.25) is 9.59 Å². The van der Waals surface area contributed by atoms with E-state index in [4.69, 9.17) is 11.6 Å². The van der Waals surface area contributed by atoms with E-state index in [0.29, 0.717) is 30.1 Å². The molecule has 1 fully saturated rings. The number of aromatic hydroxyl groups is 1. The van der Waals surface area contributed by atoms with E-state index in [1.807, 2.05) is 12.1 Å². The van der Waals surface area contributed by atoms with Gasteiger partial charge in [0.1, 0.15) is 11.6 Å². The van der Waals surface area contributed by atoms with Gasteiger partial charge in [0.15, 0.2) is 0 Å². The Morgan fingerprint density at radius 1 is 1.14 bits per heavy atom. The summed E-state index contributed by atoms with van der Waals surface area (Å²) in [7, 11) is 0. The van der Waals surface area contributed by atoms with E-state index < -0.39 is 0 Å². The number of hydrogen-bond acceptors (Lipinski definition) is 5. The molecular formula is C21H25ClN4O3. The number of aromatic nitrogens is 1. The number of halogens is 1. The van der Waals surface area contributed by atoms with E-state index in [2.05, 4.69) is 20.5 Å². The number of amides is 2. The Morgan fingerprint density at radius 2 is 1.90 bits per heavy atom. The topological polar surface area (TPSA) is 94.6 Å². The molecule has 2 amide bonds. The minimum atomic E-state index is -0.240. The Bertz CT molecular complexity index is 836. The largest absolute Gasteiger partial charge is 0.508 e. The van der Waals surface area contributed by atoms with Crippen molar-refractivity contribution in [2.24, 2.45) is 5.92 Å². The second-order valence-electron chi connectivity index (χ2n) is 7.05. The molecule has 8 heteroatoms. The molecule has 0 saturated carbocycles. The standard InChI is InChI=1S/C21H25ClN4O3/c22-17-5-6-19(25-14-17)26-11-7-15(8-12-26)20(28)23-9-2-10-24-21(29)16-3-1-4-18(27)13-16/h1,3-6,13-15,27H,2,7-12H2,(H,23,28)(H,24,29). The Morgan fingerprint density at radius 3 is 2.59 bits per heavy atom. The van der Waals surface area contributed by atoms with Gasteiger partial charge in [-0.2, -0.15) is 0 Å². The number of benzene rings is 1. The number of nitrogens with one attached hydrogen (secondary N) is 2. The summed E-state index contributed by atoms with van der Waals surface area (Å²) in [5, 5.41) is 15.8. The number of carbonyl (C=O) groups excluding carboxylic acids is 2. The van der Waals surface area contributed by atoms with Gasteiger partial charge in [-0.05, 0) is 49.6 Å². The highest BCUT2D eigenvalue weighted by Gasteiger charge is 2.25. The number of nitrogens with zero attached hydrogens (tertiary/aromatic N) is 2. The molecule has 1 aliphatic rings. The summed E-state index contributed by atoms with van der Waals surface area (Å²) >= 11 is 5.87. The maximum absolute atomic E-state index is 12.4. The summed E-state index contributed by atoms with van der Waals surface area (Å²) < 4.78 is 0. The normalized spacial score (nSPS) is 14.4. The first-order valence-electron chi connectivity index (χ1n) is 9.74. The van der Waals surface area contributed by atoms with Crippen LogP contribution in [0.25, 0.3) is 0 Å². The molecule has 0 atom stereocenters. The van der Waals surface area contributed by atoms with Crippen LogP contribution in [0, 0.1) is 5.92 Å². The van der Waals surface area contributed by atoms with E-state index in [1.165, 1.54) is 12.1 Å². The Hall–Kier alpha value is -2.80. The molecule has 1 aliphatic heterocycles. The first-order chi connectivity index (χ1) is 14.0. The third-order valence-corrected chi connectivity index (χ3v) is 5.17. The quantitative estimate of drug-likeness (QED) is 0.603. The average Bonchev–Trinajstić information content (AvgIpc) is 2.74. The fraction of sp³-hybridized carbons (Fsp3) is 0.381. The number of hydrogen-bond donors (Lipinski definition) is 3. The van der Waals surface area contributed by atoms with Gasteiger partial charge in [0.25, 0.3) is 5.91 Å². The zero-order valence-electron chi connectivity index (χ0n) is 16.1. The van der Waals surface area contributed by atoms with Crippen molar-refractivity contribution in [2.45, 2.75) is 19.3 Å². The van der Waals surface area contributed by atoms with Crippen LogP contribution in [0.1, 0.15) is 29.6 Å². The fourth-order valence-electron chi connectivity index (χ4n) is 3.32. The number of phenols is 1. The highest BCUT2D eigenvalue weighted by atomic mass is 35.5. The number of anilines is 1. The van der Waals surface area contributed by atoms with Crippen LogP contribution in [-0.2, 0) is 4.79 Å². The van der Waals surface area contributed by atoms with E-state index in [0.717, 1.165) is 31.7 Å². The van der Waals surface area contributed by atoms with Gasteiger partial charge < -0.3 is 20.6 Å². The molecule has 0 spiro atoms. The average molecular weight is 417 g/mol. The Kier molecular flexibility index (Phi) is 7.30. The van der Waals surface area contributed by atoms with Crippen molar-refractivity contribution in [1.29, 1.82) is 0 Å². The van der Waals surface area contributed by atoms with Crippen molar-refractivity contribution < 1.29 is 14.7 Å². The lowest BCUT2D eigenvalue weighted by Gasteiger charge is -2.32. The molecule has 2 heterocycles. The van der Waals surface area contributed by atoms with Gasteiger partial charge in [0, 0.05) is 43.9 Å². The Balaban J connectivity index is 1.32. The molecule has 0 aliphatic carbocycles. The van der Waals surface area contributed by atoms with Crippen molar-refractivity contribution in [2.75, 3.05) is 31.1 Å². The van der Waals surface area contributed by atoms with Gasteiger partial charge in [0.05, 0.1) is 5.02 Å². The third kappa shape index (κ3) is 6.09. The van der Waals surface area contributed by atoms with Crippen LogP contribution >= 0.6 is 11.6 Å². The van der Waals surface area contributed by atoms with E-state index in [9.17, 15) is 14.7 Å². The molecule has 29 heavy (non-hydrogen) atoms. The molecule has 7 nitrogen and oxygen atoms in total. The van der Waals surface area contributed by atoms with Crippen LogP contribution in [0.3, 0.4) is 0 Å². The molecular weight excluding hydrogens is 392 g/mol. The Labute approximate surface area is 175 Å². The fourth-order valence-corrected chi connectivity index (χ4v) is 3.43. The number of pyridine rings is 1. The highest BCUT2D eigenvalue weighted by Crippen LogP contribution is 2.22. The van der Waals surface area contributed by atoms with Crippen molar-refractivity contribution in [3.05, 3.63) is 53.2 Å². The van der Waals surface area contributed by atoms with Gasteiger partial charge in [-0.15, -0.1) is 0 Å². The van der Waals surface area contributed by atoms with Gasteiger partial charge in [-0.1, -0.05) is 17.7 Å². The minimum absolute atomic E-state index is 0.000403. The molecule has 2 aromatic rings. The zero-order chi connectivity index (χ0) is 20.6. The molecule has 0 bridgehead atoms. The lowest BCUT2D eigenvalue weighted by Crippen LogP contribution is -2.41. The van der Waals surface area contributed by atoms with Crippen LogP contribution in [0.5, 0.6) is 5.75 Å². The highest BCUT2D eigenvalue weighted by molar-refractivity contribution is 6.30. The number of piperidine rings is 1. The summed E-state index contributed by atoms with van der Waals surface area (Å²) in [6.07, 6.45) is 3.84. The number of carbonyl (C=O) groups is 2. The molecule has 1 aromatic carbocycles. The summed E-state index contributed by atoms with van der Waals surface area (Å²) in [5.41, 5.74) is 0.413. The minimum Gasteiger partial charge on any atom is -0.508 e. The van der Waals surface area contributed by atoms with E-state index >= 15 is 0 Å². The van der Waals surface area contributed by atoms with Gasteiger partial charge in [-0.25, -0.2) is 4.98 Å². The van der Waals surface area contributed by atoms with Crippen LogP contribution in [0.4, 0.5) is 5.82 Å². The molecule has 3 rings (SSSR count). The lowest BCUT2D eigenvalue weighted by atomic mass is 9.96. The predicted molar refractivity (Wildman–Crippen MR) is 112 cm³/mol. The van der Waals surface area contributed by atoms with Gasteiger partial charge >= 0.3 is 0 Å². The SMILES string of the molecule is O=C(NCCCNC(=O)C1CCN(c2ccc(Cl)cn2)CC1)c1cccc(O)c1. The van der Waals surface area contributed by atoms with E-state index in [-0.39, 0.29) is 23.5 Å². The molecule has 1 aromatic heterocycles. The maximum atomic E-state index is 12.4. The number of rotatable bonds is 7. The lowest BCUT2D eigenvalue weighted by molar-refractivity contribution is -0.125. The summed E-state index contributed by atoms with van der Waals surface area (Å²) in [4.78, 5) is 30.8. The van der Waals surface area contributed by atoms with Crippen LogP contribution in [-0.4, -0.2) is 48.1 Å². The summed E-state index contributed by atoms with van der Waals surface area (Å²) in [6.45, 7) is 2.53. The second-order valence-corrected chi connectivity index (χ2v) is 7.48. The maximum Gasteiger partial charge on any atom is 0.251 e. The third-order valence-electron chi connectivity index (χ3n) is 4.95. The second kappa shape index (κ2) is 10.1. The first-order valence-corrected chi connectivity index (χ1v) is 10.1. The number of phenolic OH excluding ortho intramolecular Hbond substituents is 1. The first kappa shape index (κ1) is 20.9. The van der Waals surface area contributed by atoms with Crippen LogP contribution in [0.15, 0.2) is 42.6 Å². The van der Waals surface area contributed by atoms with E-state index in [1.54, 1.807) is 18.3 Å². The van der Waals surface area contributed by atoms with Crippen molar-refractivity contribution in [3.8, 4) is 5.75 Å². The van der Waals surface area contributed by atoms with Crippen molar-refractivity contribution in [1.82, 2.24) is 15.6 Å². The predicted octanol–water partition coefficient (Wildman–Crippen LogP) is 2.59. The molecule has 0 unspecified atom stereocenters. The summed E-state index contributed by atoms with van der Waals surface area (Å²) in [6, 6.07) is 9.92. The van der Waals surface area contributed by atoms with Gasteiger partial charge in [0.2, 0.25) is 5.91 Å².